The van der Waals surface area contributed by atoms with Gasteiger partial charge in [-0.2, -0.15) is 0 Å². The third-order valence-corrected chi connectivity index (χ3v) is 2.74. The Labute approximate surface area is 128 Å². The summed E-state index contributed by atoms with van der Waals surface area (Å²) >= 11 is 0. The fourth-order valence-corrected chi connectivity index (χ4v) is 1.87. The highest BCUT2D eigenvalue weighted by Gasteiger charge is 2.51. The second-order valence-corrected chi connectivity index (χ2v) is 4.37. The third kappa shape index (κ3) is 5.32. The number of carbonyl (C=O) groups is 1. The predicted octanol–water partition coefficient (Wildman–Crippen LogP) is 0.974. The van der Waals surface area contributed by atoms with E-state index in [4.69, 9.17) is 28.5 Å². The summed E-state index contributed by atoms with van der Waals surface area (Å²) in [5.74, 6) is 2.83. The van der Waals surface area contributed by atoms with Crippen LogP contribution in [0.1, 0.15) is 6.92 Å². The zero-order valence-electron chi connectivity index (χ0n) is 12.4. The molecule has 1 spiro atoms. The van der Waals surface area contributed by atoms with Crippen molar-refractivity contribution in [2.24, 2.45) is 5.41 Å². The van der Waals surface area contributed by atoms with Crippen LogP contribution in [0.15, 0.2) is 38.2 Å². The summed E-state index contributed by atoms with van der Waals surface area (Å²) < 4.78 is 21.0. The molecule has 120 valence electrons. The van der Waals surface area contributed by atoms with Crippen LogP contribution in [-0.4, -0.2) is 43.6 Å². The van der Waals surface area contributed by atoms with Gasteiger partial charge < -0.3 is 18.9 Å². The van der Waals surface area contributed by atoms with E-state index in [1.54, 1.807) is 0 Å². The van der Waals surface area contributed by atoms with Crippen molar-refractivity contribution in [2.45, 2.75) is 13.0 Å². The first-order valence-electron chi connectivity index (χ1n) is 6.08. The van der Waals surface area contributed by atoms with Crippen LogP contribution in [0, 0.1) is 5.41 Å². The van der Waals surface area contributed by atoms with Crippen LogP contribution in [0.4, 0.5) is 0 Å². The fourth-order valence-electron chi connectivity index (χ4n) is 1.87. The van der Waals surface area contributed by atoms with Crippen LogP contribution < -0.4 is 0 Å². The first-order chi connectivity index (χ1) is 10.4. The quantitative estimate of drug-likeness (QED) is 0.667. The third-order valence-electron chi connectivity index (χ3n) is 2.74. The summed E-state index contributed by atoms with van der Waals surface area (Å²) in [6.07, 6.45) is -0.637. The minimum atomic E-state index is -0.637. The number of hydrogen-bond acceptors (Lipinski definition) is 7. The summed E-state index contributed by atoms with van der Waals surface area (Å²) in [6, 6.07) is 0. The molecule has 0 N–H and O–H groups in total. The van der Waals surface area contributed by atoms with Crippen LogP contribution in [0.25, 0.3) is 0 Å². The Hall–Kier alpha value is -2.75. The van der Waals surface area contributed by atoms with Crippen molar-refractivity contribution >= 4 is 17.7 Å². The van der Waals surface area contributed by atoms with E-state index in [0.29, 0.717) is 19.8 Å². The Morgan fingerprint density at radius 1 is 1.05 bits per heavy atom. The molecule has 2 saturated heterocycles. The first kappa shape index (κ1) is 19.2. The van der Waals surface area contributed by atoms with Gasteiger partial charge in [-0.05, 0) is 33.2 Å². The lowest BCUT2D eigenvalue weighted by Crippen LogP contribution is -2.55. The van der Waals surface area contributed by atoms with Crippen molar-refractivity contribution in [3.8, 4) is 0 Å². The van der Waals surface area contributed by atoms with Crippen molar-refractivity contribution in [3.63, 3.8) is 0 Å². The molecule has 2 aliphatic heterocycles. The van der Waals surface area contributed by atoms with Crippen LogP contribution in [-0.2, 0) is 33.3 Å². The molecule has 2 fully saturated rings. The molecule has 1 unspecified atom stereocenters. The Morgan fingerprint density at radius 2 is 1.41 bits per heavy atom. The van der Waals surface area contributed by atoms with E-state index in [0.717, 1.165) is 0 Å². The number of carbonyl (C=O) groups excluding carboxylic acids is 3. The van der Waals surface area contributed by atoms with E-state index in [1.165, 1.54) is 18.8 Å². The van der Waals surface area contributed by atoms with E-state index >= 15 is 0 Å². The van der Waals surface area contributed by atoms with E-state index in [9.17, 15) is 4.79 Å². The van der Waals surface area contributed by atoms with Crippen molar-refractivity contribution in [2.75, 3.05) is 19.8 Å². The number of ketones is 1. The van der Waals surface area contributed by atoms with Gasteiger partial charge in [0.15, 0.2) is 11.9 Å². The van der Waals surface area contributed by atoms with Crippen LogP contribution in [0.2, 0.25) is 0 Å². The first-order valence-corrected chi connectivity index (χ1v) is 6.08. The molecule has 7 heteroatoms. The Bertz CT molecular complexity index is 464. The minimum Gasteiger partial charge on any atom is -0.465 e. The molecule has 0 aromatic heterocycles. The standard InChI is InChI=1S/C11H14O5.2C2H2O/c1-7(12)10-11(6-15-9(3)16-10)4-13-8(2)14-5-11;2*1-2-3/h10H,2-6H2,1H3;2*1H2. The molecule has 0 bridgehead atoms. The van der Waals surface area contributed by atoms with Crippen LogP contribution in [0.3, 0.4) is 0 Å². The zero-order chi connectivity index (χ0) is 17.2. The highest BCUT2D eigenvalue weighted by atomic mass is 16.7. The molecule has 0 aromatic rings. The predicted molar refractivity (Wildman–Crippen MR) is 76.8 cm³/mol. The lowest BCUT2D eigenvalue weighted by atomic mass is 9.81. The van der Waals surface area contributed by atoms with Crippen molar-refractivity contribution in [1.82, 2.24) is 0 Å². The minimum absolute atomic E-state index is 0.0934. The van der Waals surface area contributed by atoms with Gasteiger partial charge in [0.1, 0.15) is 37.1 Å². The maximum absolute atomic E-state index is 11.5. The van der Waals surface area contributed by atoms with Gasteiger partial charge in [0.05, 0.1) is 0 Å². The average Bonchev–Trinajstić information content (AvgIpc) is 2.46. The molecular weight excluding hydrogens is 292 g/mol. The highest BCUT2D eigenvalue weighted by molar-refractivity contribution is 5.81. The molecule has 2 rings (SSSR count). The normalized spacial score (nSPS) is 20.7. The molecule has 2 aliphatic rings. The SMILES string of the molecule is C=C1OCC2(CO1)COC(=C)OC2C(C)=O.C=C=O.C=C=O. The van der Waals surface area contributed by atoms with Gasteiger partial charge in [-0.25, -0.2) is 9.59 Å². The fraction of sp³-hybridized carbons (Fsp3) is 0.400. The summed E-state index contributed by atoms with van der Waals surface area (Å²) in [5, 5.41) is 0. The van der Waals surface area contributed by atoms with Crippen molar-refractivity contribution < 1.29 is 33.3 Å². The van der Waals surface area contributed by atoms with Gasteiger partial charge >= 0.3 is 0 Å². The van der Waals surface area contributed by atoms with Crippen molar-refractivity contribution in [3.05, 3.63) is 38.2 Å². The van der Waals surface area contributed by atoms with Gasteiger partial charge in [-0.15, -0.1) is 0 Å². The van der Waals surface area contributed by atoms with Crippen LogP contribution >= 0.6 is 0 Å². The molecule has 0 aromatic carbocycles. The maximum Gasteiger partial charge on any atom is 0.272 e. The number of Topliss-reactive ketones (excluding diaryl/α,β-unsaturated/α-hetero) is 1. The highest BCUT2D eigenvalue weighted by Crippen LogP contribution is 2.37. The molecule has 0 radical (unpaired) electrons. The van der Waals surface area contributed by atoms with Gasteiger partial charge in [0.25, 0.3) is 11.9 Å². The molecule has 0 saturated carbocycles. The topological polar surface area (TPSA) is 88.1 Å². The maximum atomic E-state index is 11.5. The molecule has 22 heavy (non-hydrogen) atoms. The Kier molecular flexibility index (Phi) is 8.08. The summed E-state index contributed by atoms with van der Waals surface area (Å²) in [5.41, 5.74) is -0.603. The second kappa shape index (κ2) is 9.23. The lowest BCUT2D eigenvalue weighted by Gasteiger charge is -2.44. The Balaban J connectivity index is 0.000000639. The number of rotatable bonds is 1. The van der Waals surface area contributed by atoms with Gasteiger partial charge in [0.2, 0.25) is 0 Å². The Morgan fingerprint density at radius 3 is 1.77 bits per heavy atom. The lowest BCUT2D eigenvalue weighted by molar-refractivity contribution is -0.217. The molecule has 7 nitrogen and oxygen atoms in total. The molecule has 0 aliphatic carbocycles. The van der Waals surface area contributed by atoms with Gasteiger partial charge in [-0.1, -0.05) is 0 Å². The van der Waals surface area contributed by atoms with E-state index < -0.39 is 11.5 Å². The summed E-state index contributed by atoms with van der Waals surface area (Å²) in [6.45, 7) is 14.8. The molecule has 0 amide bonds. The van der Waals surface area contributed by atoms with Gasteiger partial charge in [0, 0.05) is 0 Å². The zero-order valence-corrected chi connectivity index (χ0v) is 12.4. The monoisotopic (exact) mass is 310 g/mol. The average molecular weight is 310 g/mol. The second-order valence-electron chi connectivity index (χ2n) is 4.37. The van der Waals surface area contributed by atoms with E-state index in [-0.39, 0.29) is 17.7 Å². The van der Waals surface area contributed by atoms with Crippen LogP contribution in [0.5, 0.6) is 0 Å². The molecule has 2 heterocycles. The largest absolute Gasteiger partial charge is 0.465 e. The molecular formula is C15H18O7. The van der Waals surface area contributed by atoms with Crippen molar-refractivity contribution in [1.29, 1.82) is 0 Å². The number of ether oxygens (including phenoxy) is 4. The smallest absolute Gasteiger partial charge is 0.272 e. The van der Waals surface area contributed by atoms with E-state index in [2.05, 4.69) is 26.3 Å². The number of hydrogen-bond donors (Lipinski definition) is 0. The summed E-state index contributed by atoms with van der Waals surface area (Å²) in [7, 11) is 0. The summed E-state index contributed by atoms with van der Waals surface area (Å²) in [4.78, 5) is 28.7. The van der Waals surface area contributed by atoms with E-state index in [1.807, 2.05) is 0 Å². The molecule has 1 atom stereocenters. The van der Waals surface area contributed by atoms with Gasteiger partial charge in [-0.3, -0.25) is 4.79 Å².